The van der Waals surface area contributed by atoms with Crippen LogP contribution >= 0.6 is 0 Å². The molecule has 3 N–H and O–H groups in total. The zero-order valence-electron chi connectivity index (χ0n) is 30.1. The van der Waals surface area contributed by atoms with Crippen molar-refractivity contribution in [2.75, 3.05) is 47.9 Å². The highest BCUT2D eigenvalue weighted by Gasteiger charge is 2.52. The average molecular weight is 669 g/mol. The van der Waals surface area contributed by atoms with Crippen molar-refractivity contribution in [1.29, 1.82) is 0 Å². The standard InChI is InChI=1S/C34H60N4O9/c1-19-15-33(5,43-10)29(46-31-27(40)25(37(7)8)14-24(45-31)16-35-23-12-11-13-23)20(2)26(39)21(3)30(41)44-18-34(6)28(36-32(42)47-34)22(4)38(9)17-19/h19-25,27-29,31,35,40H,11-18H2,1-10H3,(H,36,42)/t19-,20+,21?,22-,24+,25+,27-,28-,29-,31+,33-,34-/m1/s1. The van der Waals surface area contributed by atoms with E-state index in [0.717, 1.165) is 12.8 Å². The Morgan fingerprint density at radius 1 is 1.13 bits per heavy atom. The molecule has 270 valence electrons. The molecule has 0 aromatic rings. The number of amides is 1. The van der Waals surface area contributed by atoms with Gasteiger partial charge >= 0.3 is 12.1 Å². The maximum atomic E-state index is 14.1. The largest absolute Gasteiger partial charge is 0.461 e. The molecule has 0 bridgehead atoms. The summed E-state index contributed by atoms with van der Waals surface area (Å²) in [5, 5.41) is 18.0. The minimum atomic E-state index is -1.13. The Morgan fingerprint density at radius 2 is 1.81 bits per heavy atom. The van der Waals surface area contributed by atoms with Gasteiger partial charge in [0, 0.05) is 44.2 Å². The summed E-state index contributed by atoms with van der Waals surface area (Å²) in [5.41, 5.74) is -2.12. The summed E-state index contributed by atoms with van der Waals surface area (Å²) in [6.07, 6.45) is 0.993. The van der Waals surface area contributed by atoms with E-state index in [1.165, 1.54) is 13.3 Å². The molecule has 47 heavy (non-hydrogen) atoms. The number of hydrogen-bond donors (Lipinski definition) is 3. The molecule has 0 aromatic carbocycles. The van der Waals surface area contributed by atoms with Crippen molar-refractivity contribution in [3.63, 3.8) is 0 Å². The predicted molar refractivity (Wildman–Crippen MR) is 175 cm³/mol. The number of Topliss-reactive ketones (excluding diaryl/α,β-unsaturated/α-hetero) is 1. The van der Waals surface area contributed by atoms with Gasteiger partial charge in [0.2, 0.25) is 0 Å². The normalized spacial score (nSPS) is 43.3. The number of methoxy groups -OCH3 is 1. The van der Waals surface area contributed by atoms with Gasteiger partial charge in [0.15, 0.2) is 17.7 Å². The van der Waals surface area contributed by atoms with Crippen LogP contribution in [0.5, 0.6) is 0 Å². The van der Waals surface area contributed by atoms with Crippen LogP contribution in [0.1, 0.15) is 73.6 Å². The lowest BCUT2D eigenvalue weighted by molar-refractivity contribution is -0.297. The maximum Gasteiger partial charge on any atom is 0.408 e. The lowest BCUT2D eigenvalue weighted by Gasteiger charge is -2.47. The lowest BCUT2D eigenvalue weighted by atomic mass is 9.78. The number of ether oxygens (including phenoxy) is 5. The minimum Gasteiger partial charge on any atom is -0.461 e. The van der Waals surface area contributed by atoms with Crippen LogP contribution in [0.15, 0.2) is 0 Å². The predicted octanol–water partition coefficient (Wildman–Crippen LogP) is 1.94. The van der Waals surface area contributed by atoms with E-state index >= 15 is 0 Å². The van der Waals surface area contributed by atoms with Crippen molar-refractivity contribution in [1.82, 2.24) is 20.4 Å². The lowest BCUT2D eigenvalue weighted by Crippen LogP contribution is -2.60. The van der Waals surface area contributed by atoms with Crippen molar-refractivity contribution < 1.29 is 43.2 Å². The number of alkyl carbamates (subject to hydrolysis) is 1. The number of fused-ring (bicyclic) bond motifs is 1. The Balaban J connectivity index is 1.65. The molecule has 0 aromatic heterocycles. The number of rotatable bonds is 7. The first-order valence-corrected chi connectivity index (χ1v) is 17.3. The van der Waals surface area contributed by atoms with Crippen molar-refractivity contribution >= 4 is 17.8 Å². The van der Waals surface area contributed by atoms with E-state index in [2.05, 4.69) is 22.5 Å². The average Bonchev–Trinajstić information content (AvgIpc) is 3.30. The van der Waals surface area contributed by atoms with E-state index in [-0.39, 0.29) is 36.5 Å². The van der Waals surface area contributed by atoms with Crippen molar-refractivity contribution in [2.24, 2.45) is 17.8 Å². The first-order valence-electron chi connectivity index (χ1n) is 17.3. The summed E-state index contributed by atoms with van der Waals surface area (Å²) in [6, 6.07) is -0.373. The maximum absolute atomic E-state index is 14.1. The Labute approximate surface area is 280 Å². The molecule has 1 unspecified atom stereocenters. The van der Waals surface area contributed by atoms with Gasteiger partial charge in [0.25, 0.3) is 0 Å². The summed E-state index contributed by atoms with van der Waals surface area (Å²) >= 11 is 0. The molecule has 12 atom stereocenters. The zero-order chi connectivity index (χ0) is 34.8. The number of aliphatic hydroxyl groups excluding tert-OH is 1. The molecule has 1 amide bonds. The molecule has 4 fully saturated rings. The third kappa shape index (κ3) is 8.48. The summed E-state index contributed by atoms with van der Waals surface area (Å²) < 4.78 is 30.7. The number of nitrogens with zero attached hydrogens (tertiary/aromatic N) is 2. The molecule has 0 radical (unpaired) electrons. The number of esters is 1. The van der Waals surface area contributed by atoms with Crippen LogP contribution in [-0.4, -0.2) is 141 Å². The first-order chi connectivity index (χ1) is 22.0. The van der Waals surface area contributed by atoms with Gasteiger partial charge in [-0.25, -0.2) is 4.79 Å². The van der Waals surface area contributed by atoms with Crippen LogP contribution in [0.3, 0.4) is 0 Å². The van der Waals surface area contributed by atoms with Crippen molar-refractivity contribution in [3.8, 4) is 0 Å². The van der Waals surface area contributed by atoms with Crippen LogP contribution in [0.4, 0.5) is 4.79 Å². The number of hydrogen-bond acceptors (Lipinski definition) is 12. The minimum absolute atomic E-state index is 0.0525. The molecule has 0 spiro atoms. The number of likely N-dealkylation sites (N-methyl/N-ethyl adjacent to an activating group) is 2. The van der Waals surface area contributed by atoms with Crippen molar-refractivity contribution in [2.45, 2.75) is 134 Å². The molecule has 1 saturated carbocycles. The molecule has 1 aliphatic carbocycles. The highest BCUT2D eigenvalue weighted by molar-refractivity contribution is 6.00. The van der Waals surface area contributed by atoms with Crippen LogP contribution in [0, 0.1) is 17.8 Å². The topological polar surface area (TPSA) is 148 Å². The van der Waals surface area contributed by atoms with E-state index in [1.54, 1.807) is 21.0 Å². The second-order valence-corrected chi connectivity index (χ2v) is 15.3. The van der Waals surface area contributed by atoms with E-state index in [4.69, 9.17) is 23.7 Å². The third-order valence-electron chi connectivity index (χ3n) is 11.2. The highest BCUT2D eigenvalue weighted by atomic mass is 16.7. The zero-order valence-corrected chi connectivity index (χ0v) is 30.1. The molecule has 3 saturated heterocycles. The number of nitrogens with one attached hydrogen (secondary N) is 2. The third-order valence-corrected chi connectivity index (χ3v) is 11.2. The van der Waals surface area contributed by atoms with Gasteiger partial charge < -0.3 is 49.2 Å². The first kappa shape index (κ1) is 37.9. The number of ketones is 1. The van der Waals surface area contributed by atoms with Gasteiger partial charge in [-0.1, -0.05) is 20.3 Å². The summed E-state index contributed by atoms with van der Waals surface area (Å²) in [7, 11) is 7.44. The van der Waals surface area contributed by atoms with E-state index in [0.29, 0.717) is 32.0 Å². The summed E-state index contributed by atoms with van der Waals surface area (Å²) in [4.78, 5) is 43.9. The summed E-state index contributed by atoms with van der Waals surface area (Å²) in [5.74, 6) is -2.99. The molecule has 13 nitrogen and oxygen atoms in total. The van der Waals surface area contributed by atoms with Crippen molar-refractivity contribution in [3.05, 3.63) is 0 Å². The number of carbonyl (C=O) groups excluding carboxylic acids is 3. The van der Waals surface area contributed by atoms with Gasteiger partial charge in [-0.2, -0.15) is 0 Å². The molecule has 3 aliphatic heterocycles. The summed E-state index contributed by atoms with van der Waals surface area (Å²) in [6.45, 7) is 12.1. The second-order valence-electron chi connectivity index (χ2n) is 15.3. The second kappa shape index (κ2) is 15.3. The number of carbonyl (C=O) groups is 3. The monoisotopic (exact) mass is 668 g/mol. The SMILES string of the molecule is CO[C@]1(C)C[C@@H](C)CN(C)[C@H](C)[C@H]2NC(=O)O[C@]2(C)COC(=O)C(C)C(=O)[C@H](C)[C@H]1O[C@@H]1O[C@H](CNC2CCC2)C[C@H](N(C)C)[C@H]1O. The van der Waals surface area contributed by atoms with Gasteiger partial charge in [0.05, 0.1) is 23.9 Å². The van der Waals surface area contributed by atoms with E-state index in [9.17, 15) is 19.5 Å². The molecular formula is C34H60N4O9. The fourth-order valence-corrected chi connectivity index (χ4v) is 7.84. The number of cyclic esters (lactones) is 1. The van der Waals surface area contributed by atoms with Gasteiger partial charge in [-0.3, -0.25) is 9.59 Å². The molecule has 4 aliphatic rings. The smallest absolute Gasteiger partial charge is 0.408 e. The molecule has 3 heterocycles. The Kier molecular flexibility index (Phi) is 12.4. The van der Waals surface area contributed by atoms with Gasteiger partial charge in [-0.05, 0) is 80.4 Å². The van der Waals surface area contributed by atoms with Crippen LogP contribution < -0.4 is 10.6 Å². The van der Waals surface area contributed by atoms with E-state index < -0.39 is 59.6 Å². The Morgan fingerprint density at radius 3 is 2.40 bits per heavy atom. The van der Waals surface area contributed by atoms with Crippen LogP contribution in [0.25, 0.3) is 0 Å². The van der Waals surface area contributed by atoms with Crippen LogP contribution in [0.2, 0.25) is 0 Å². The van der Waals surface area contributed by atoms with Gasteiger partial charge in [-0.15, -0.1) is 0 Å². The number of aliphatic hydroxyl groups is 1. The Hall–Kier alpha value is -1.87. The Bertz CT molecular complexity index is 1110. The highest BCUT2D eigenvalue weighted by Crippen LogP contribution is 2.37. The van der Waals surface area contributed by atoms with Crippen LogP contribution in [-0.2, 0) is 33.3 Å². The fraction of sp³-hybridized carbons (Fsp3) is 0.912. The fourth-order valence-electron chi connectivity index (χ4n) is 7.84. The molecular weight excluding hydrogens is 608 g/mol. The molecule has 13 heteroatoms. The van der Waals surface area contributed by atoms with Gasteiger partial charge in [0.1, 0.15) is 18.6 Å². The molecule has 4 rings (SSSR count). The quantitative estimate of drug-likeness (QED) is 0.269. The van der Waals surface area contributed by atoms with E-state index in [1.807, 2.05) is 39.9 Å².